The van der Waals surface area contributed by atoms with Crippen LogP contribution >= 0.6 is 0 Å². The van der Waals surface area contributed by atoms with Gasteiger partial charge in [-0.3, -0.25) is 0 Å². The van der Waals surface area contributed by atoms with Crippen molar-refractivity contribution in [2.45, 2.75) is 25.7 Å². The van der Waals surface area contributed by atoms with Gasteiger partial charge in [0.15, 0.2) is 0 Å². The Balaban J connectivity index is 1.59. The zero-order chi connectivity index (χ0) is 11.2. The minimum Gasteiger partial charge on any atom is -0.349 e. The molecule has 0 spiro atoms. The maximum absolute atomic E-state index is 11.6. The van der Waals surface area contributed by atoms with Gasteiger partial charge in [-0.15, -0.1) is 0 Å². The largest absolute Gasteiger partial charge is 0.349 e. The fourth-order valence-corrected chi connectivity index (χ4v) is 1.92. The monoisotopic (exact) mass is 222 g/mol. The Hall–Kier alpha value is -1.52. The van der Waals surface area contributed by atoms with E-state index in [0.29, 0.717) is 0 Å². The number of hydrogen-bond acceptors (Lipinski definition) is 2. The van der Waals surface area contributed by atoms with Gasteiger partial charge in [-0.25, -0.2) is 9.78 Å². The van der Waals surface area contributed by atoms with Crippen LogP contribution in [0.15, 0.2) is 12.4 Å². The summed E-state index contributed by atoms with van der Waals surface area (Å²) in [7, 11) is 0. The first kappa shape index (κ1) is 11.0. The van der Waals surface area contributed by atoms with Crippen molar-refractivity contribution in [1.82, 2.24) is 20.2 Å². The number of imidazole rings is 1. The molecule has 1 aliphatic rings. The molecule has 1 aromatic rings. The van der Waals surface area contributed by atoms with E-state index >= 15 is 0 Å². The summed E-state index contributed by atoms with van der Waals surface area (Å²) >= 11 is 0. The molecule has 0 atom stereocenters. The minimum atomic E-state index is 0.0805. The molecule has 1 aliphatic heterocycles. The Morgan fingerprint density at radius 1 is 1.50 bits per heavy atom. The van der Waals surface area contributed by atoms with Gasteiger partial charge >= 0.3 is 6.03 Å². The van der Waals surface area contributed by atoms with Crippen molar-refractivity contribution >= 4 is 6.03 Å². The number of aromatic amines is 1. The van der Waals surface area contributed by atoms with Crippen LogP contribution in [0, 0.1) is 0 Å². The fraction of sp³-hybridized carbons (Fsp3) is 0.636. The lowest BCUT2D eigenvalue weighted by atomic mass is 10.3. The number of carbonyl (C=O) groups excluding carboxylic acids is 1. The van der Waals surface area contributed by atoms with Gasteiger partial charge in [-0.1, -0.05) is 0 Å². The van der Waals surface area contributed by atoms with E-state index in [1.54, 1.807) is 6.20 Å². The molecule has 0 unspecified atom stereocenters. The molecular formula is C11H18N4O. The van der Waals surface area contributed by atoms with Gasteiger partial charge in [0.1, 0.15) is 5.82 Å². The summed E-state index contributed by atoms with van der Waals surface area (Å²) in [5, 5.41) is 2.93. The smallest absolute Gasteiger partial charge is 0.317 e. The van der Waals surface area contributed by atoms with Crippen LogP contribution in [0.4, 0.5) is 4.79 Å². The van der Waals surface area contributed by atoms with Crippen LogP contribution in [0.3, 0.4) is 0 Å². The Bertz CT molecular complexity index is 317. The average Bonchev–Trinajstić information content (AvgIpc) is 2.96. The molecule has 0 bridgehead atoms. The van der Waals surface area contributed by atoms with Gasteiger partial charge in [-0.2, -0.15) is 0 Å². The molecule has 88 valence electrons. The lowest BCUT2D eigenvalue weighted by molar-refractivity contribution is 0.208. The highest BCUT2D eigenvalue weighted by Gasteiger charge is 2.16. The van der Waals surface area contributed by atoms with E-state index in [4.69, 9.17) is 0 Å². The highest BCUT2D eigenvalue weighted by Crippen LogP contribution is 2.06. The van der Waals surface area contributed by atoms with Gasteiger partial charge < -0.3 is 15.2 Å². The van der Waals surface area contributed by atoms with Gasteiger partial charge in [0.05, 0.1) is 0 Å². The summed E-state index contributed by atoms with van der Waals surface area (Å²) in [6.45, 7) is 2.53. The molecule has 16 heavy (non-hydrogen) atoms. The Morgan fingerprint density at radius 3 is 3.00 bits per heavy atom. The number of likely N-dealkylation sites (tertiary alicyclic amines) is 1. The third kappa shape index (κ3) is 2.98. The van der Waals surface area contributed by atoms with Crippen molar-refractivity contribution in [3.05, 3.63) is 18.2 Å². The molecule has 2 amide bonds. The normalized spacial score (nSPS) is 15.4. The van der Waals surface area contributed by atoms with Crippen LogP contribution in [0.2, 0.25) is 0 Å². The highest BCUT2D eigenvalue weighted by molar-refractivity contribution is 5.74. The average molecular weight is 222 g/mol. The van der Waals surface area contributed by atoms with Crippen LogP contribution in [-0.2, 0) is 6.42 Å². The lowest BCUT2D eigenvalue weighted by Gasteiger charge is -2.15. The molecule has 5 heteroatoms. The maximum atomic E-state index is 11.6. The fourth-order valence-electron chi connectivity index (χ4n) is 1.92. The molecule has 2 heterocycles. The van der Waals surface area contributed by atoms with Crippen LogP contribution in [0.25, 0.3) is 0 Å². The number of carbonyl (C=O) groups is 1. The topological polar surface area (TPSA) is 61.0 Å². The number of aryl methyl sites for hydroxylation is 1. The molecular weight excluding hydrogens is 204 g/mol. The number of H-pyrrole nitrogens is 1. The predicted molar refractivity (Wildman–Crippen MR) is 61.1 cm³/mol. The molecule has 5 nitrogen and oxygen atoms in total. The number of amides is 2. The van der Waals surface area contributed by atoms with Crippen LogP contribution in [0.1, 0.15) is 25.1 Å². The molecule has 0 aromatic carbocycles. The zero-order valence-corrected chi connectivity index (χ0v) is 9.41. The van der Waals surface area contributed by atoms with Gasteiger partial charge in [0, 0.05) is 38.4 Å². The number of nitrogens with zero attached hydrogens (tertiary/aromatic N) is 2. The van der Waals surface area contributed by atoms with Crippen molar-refractivity contribution in [2.24, 2.45) is 0 Å². The predicted octanol–water partition coefficient (Wildman–Crippen LogP) is 1.15. The Kier molecular flexibility index (Phi) is 3.80. The zero-order valence-electron chi connectivity index (χ0n) is 9.41. The van der Waals surface area contributed by atoms with Crippen molar-refractivity contribution in [1.29, 1.82) is 0 Å². The van der Waals surface area contributed by atoms with E-state index in [0.717, 1.165) is 51.1 Å². The molecule has 0 radical (unpaired) electrons. The molecule has 1 saturated heterocycles. The standard InChI is InChI=1S/C11H18N4O/c16-11(15-8-1-2-9-15)14-5-3-4-10-12-6-7-13-10/h6-7H,1-5,8-9H2,(H,12,13)(H,14,16). The van der Waals surface area contributed by atoms with Crippen molar-refractivity contribution in [3.63, 3.8) is 0 Å². The Morgan fingerprint density at radius 2 is 2.31 bits per heavy atom. The summed E-state index contributed by atoms with van der Waals surface area (Å²) in [4.78, 5) is 20.7. The van der Waals surface area contributed by atoms with Gasteiger partial charge in [0.2, 0.25) is 0 Å². The van der Waals surface area contributed by atoms with Crippen LogP contribution in [-0.4, -0.2) is 40.5 Å². The Labute approximate surface area is 95.2 Å². The van der Waals surface area contributed by atoms with E-state index in [9.17, 15) is 4.79 Å². The SMILES string of the molecule is O=C(NCCCc1ncc[nH]1)N1CCCC1. The molecule has 1 aromatic heterocycles. The molecule has 1 fully saturated rings. The first-order valence-corrected chi connectivity index (χ1v) is 5.87. The van der Waals surface area contributed by atoms with Gasteiger partial charge in [-0.05, 0) is 19.3 Å². The van der Waals surface area contributed by atoms with Crippen molar-refractivity contribution in [3.8, 4) is 0 Å². The second-order valence-corrected chi connectivity index (χ2v) is 4.07. The number of rotatable bonds is 4. The summed E-state index contributed by atoms with van der Waals surface area (Å²) in [5.41, 5.74) is 0. The van der Waals surface area contributed by atoms with Crippen LogP contribution < -0.4 is 5.32 Å². The lowest BCUT2D eigenvalue weighted by Crippen LogP contribution is -2.38. The van der Waals surface area contributed by atoms with E-state index in [-0.39, 0.29) is 6.03 Å². The molecule has 0 saturated carbocycles. The summed E-state index contributed by atoms with van der Waals surface area (Å²) < 4.78 is 0. The van der Waals surface area contributed by atoms with E-state index in [1.165, 1.54) is 0 Å². The number of urea groups is 1. The van der Waals surface area contributed by atoms with Crippen LogP contribution in [0.5, 0.6) is 0 Å². The van der Waals surface area contributed by atoms with Crippen molar-refractivity contribution in [2.75, 3.05) is 19.6 Å². The molecule has 0 aliphatic carbocycles. The molecule has 2 rings (SSSR count). The van der Waals surface area contributed by atoms with Gasteiger partial charge in [0.25, 0.3) is 0 Å². The minimum absolute atomic E-state index is 0.0805. The summed E-state index contributed by atoms with van der Waals surface area (Å²) in [5.74, 6) is 0.982. The molecule has 2 N–H and O–H groups in total. The second-order valence-electron chi connectivity index (χ2n) is 4.07. The quantitative estimate of drug-likeness (QED) is 0.751. The first-order valence-electron chi connectivity index (χ1n) is 5.87. The van der Waals surface area contributed by atoms with E-state index < -0.39 is 0 Å². The third-order valence-electron chi connectivity index (χ3n) is 2.81. The summed E-state index contributed by atoms with van der Waals surface area (Å²) in [6.07, 6.45) is 7.65. The third-order valence-corrected chi connectivity index (χ3v) is 2.81. The number of nitrogens with one attached hydrogen (secondary N) is 2. The second kappa shape index (κ2) is 5.53. The van der Waals surface area contributed by atoms with E-state index in [2.05, 4.69) is 15.3 Å². The first-order chi connectivity index (χ1) is 7.86. The highest BCUT2D eigenvalue weighted by atomic mass is 16.2. The van der Waals surface area contributed by atoms with Crippen molar-refractivity contribution < 1.29 is 4.79 Å². The maximum Gasteiger partial charge on any atom is 0.317 e. The summed E-state index contributed by atoms with van der Waals surface area (Å²) in [6, 6.07) is 0.0805. The van der Waals surface area contributed by atoms with E-state index in [1.807, 2.05) is 11.1 Å². The number of hydrogen-bond donors (Lipinski definition) is 2. The number of aromatic nitrogens is 2.